The van der Waals surface area contributed by atoms with Gasteiger partial charge in [0.05, 0.1) is 31.1 Å². The number of rotatable bonds is 7. The van der Waals surface area contributed by atoms with Gasteiger partial charge in [-0.15, -0.1) is 0 Å². The van der Waals surface area contributed by atoms with Gasteiger partial charge in [0.2, 0.25) is 0 Å². The van der Waals surface area contributed by atoms with Crippen molar-refractivity contribution in [2.45, 2.75) is 26.5 Å². The van der Waals surface area contributed by atoms with Crippen LogP contribution in [0.25, 0.3) is 0 Å². The molecule has 0 saturated heterocycles. The molecular weight excluding hydrogens is 302 g/mol. The summed E-state index contributed by atoms with van der Waals surface area (Å²) in [5.74, 6) is 0. The Balaban J connectivity index is 2.73. The third-order valence-corrected chi connectivity index (χ3v) is 3.09. The van der Waals surface area contributed by atoms with E-state index in [4.69, 9.17) is 9.84 Å². The fraction of sp³-hybridized carbons (Fsp3) is 0.636. The molecule has 0 fully saturated rings. The third-order valence-electron chi connectivity index (χ3n) is 2.33. The molecule has 2 N–H and O–H groups in total. The van der Waals surface area contributed by atoms with Crippen LogP contribution in [0.15, 0.2) is 15.5 Å². The largest absolute Gasteiger partial charge is 0.394 e. The van der Waals surface area contributed by atoms with Crippen molar-refractivity contribution < 1.29 is 9.84 Å². The Morgan fingerprint density at radius 1 is 1.67 bits per heavy atom. The van der Waals surface area contributed by atoms with Gasteiger partial charge in [-0.3, -0.25) is 4.79 Å². The molecule has 0 spiro atoms. The highest BCUT2D eigenvalue weighted by atomic mass is 79.9. The van der Waals surface area contributed by atoms with Crippen LogP contribution in [-0.4, -0.2) is 40.7 Å². The molecule has 1 heterocycles. The maximum Gasteiger partial charge on any atom is 0.283 e. The number of hydrogen-bond donors (Lipinski definition) is 2. The van der Waals surface area contributed by atoms with Crippen molar-refractivity contribution in [1.29, 1.82) is 0 Å². The summed E-state index contributed by atoms with van der Waals surface area (Å²) >= 11 is 3.23. The number of ether oxygens (including phenoxy) is 1. The van der Waals surface area contributed by atoms with Crippen LogP contribution in [0, 0.1) is 0 Å². The summed E-state index contributed by atoms with van der Waals surface area (Å²) in [4.78, 5) is 11.8. The fourth-order valence-electron chi connectivity index (χ4n) is 1.44. The van der Waals surface area contributed by atoms with Gasteiger partial charge < -0.3 is 15.2 Å². The molecule has 18 heavy (non-hydrogen) atoms. The lowest BCUT2D eigenvalue weighted by Gasteiger charge is -2.14. The molecule has 0 aliphatic heterocycles. The summed E-state index contributed by atoms with van der Waals surface area (Å²) in [6.07, 6.45) is 1.61. The lowest BCUT2D eigenvalue weighted by atomic mass is 10.3. The van der Waals surface area contributed by atoms with Crippen molar-refractivity contribution in [2.24, 2.45) is 0 Å². The van der Waals surface area contributed by atoms with E-state index in [0.717, 1.165) is 0 Å². The quantitative estimate of drug-likeness (QED) is 0.778. The molecule has 0 aliphatic carbocycles. The summed E-state index contributed by atoms with van der Waals surface area (Å²) in [7, 11) is 0. The smallest absolute Gasteiger partial charge is 0.283 e. The predicted molar refractivity (Wildman–Crippen MR) is 72.9 cm³/mol. The SMILES string of the molecule is CCOC(C)CNc1cnn(CCO)c(=O)c1Br. The van der Waals surface area contributed by atoms with Gasteiger partial charge >= 0.3 is 0 Å². The Labute approximate surface area is 114 Å². The van der Waals surface area contributed by atoms with E-state index in [1.807, 2.05) is 13.8 Å². The zero-order valence-electron chi connectivity index (χ0n) is 10.5. The second-order valence-electron chi connectivity index (χ2n) is 3.77. The first-order chi connectivity index (χ1) is 8.60. The van der Waals surface area contributed by atoms with Crippen molar-refractivity contribution in [3.63, 3.8) is 0 Å². The van der Waals surface area contributed by atoms with Gasteiger partial charge in [0.15, 0.2) is 0 Å². The maximum absolute atomic E-state index is 11.8. The molecule has 1 unspecified atom stereocenters. The third kappa shape index (κ3) is 4.08. The highest BCUT2D eigenvalue weighted by molar-refractivity contribution is 9.10. The van der Waals surface area contributed by atoms with E-state index in [1.165, 1.54) is 4.68 Å². The molecule has 0 aliphatic rings. The molecule has 1 aromatic heterocycles. The number of halogens is 1. The molecule has 102 valence electrons. The average molecular weight is 320 g/mol. The average Bonchev–Trinajstić information content (AvgIpc) is 2.35. The highest BCUT2D eigenvalue weighted by Gasteiger charge is 2.09. The number of aromatic nitrogens is 2. The maximum atomic E-state index is 11.8. The Morgan fingerprint density at radius 2 is 2.39 bits per heavy atom. The summed E-state index contributed by atoms with van der Waals surface area (Å²) in [6, 6.07) is 0. The van der Waals surface area contributed by atoms with Gasteiger partial charge in [-0.1, -0.05) is 0 Å². The molecule has 0 aromatic carbocycles. The lowest BCUT2D eigenvalue weighted by Crippen LogP contribution is -2.27. The lowest BCUT2D eigenvalue weighted by molar-refractivity contribution is 0.0855. The van der Waals surface area contributed by atoms with Crippen molar-refractivity contribution in [1.82, 2.24) is 9.78 Å². The Hall–Kier alpha value is -0.920. The molecule has 1 aromatic rings. The molecular formula is C11H18BrN3O3. The van der Waals surface area contributed by atoms with Crippen LogP contribution >= 0.6 is 15.9 Å². The summed E-state index contributed by atoms with van der Waals surface area (Å²) in [5.41, 5.74) is 0.360. The van der Waals surface area contributed by atoms with Crippen molar-refractivity contribution in [3.05, 3.63) is 21.0 Å². The molecule has 0 bridgehead atoms. The minimum Gasteiger partial charge on any atom is -0.394 e. The van der Waals surface area contributed by atoms with E-state index in [9.17, 15) is 4.79 Å². The second-order valence-corrected chi connectivity index (χ2v) is 4.56. The van der Waals surface area contributed by atoms with Gasteiger partial charge in [-0.2, -0.15) is 5.10 Å². The number of hydrogen-bond acceptors (Lipinski definition) is 5. The van der Waals surface area contributed by atoms with Crippen LogP contribution in [-0.2, 0) is 11.3 Å². The number of nitrogens with one attached hydrogen (secondary N) is 1. The molecule has 0 radical (unpaired) electrons. The van der Waals surface area contributed by atoms with E-state index in [1.54, 1.807) is 6.20 Å². The second kappa shape index (κ2) is 7.50. The van der Waals surface area contributed by atoms with Crippen molar-refractivity contribution in [2.75, 3.05) is 25.1 Å². The van der Waals surface area contributed by atoms with Gasteiger partial charge in [0, 0.05) is 13.2 Å². The van der Waals surface area contributed by atoms with E-state index in [-0.39, 0.29) is 24.8 Å². The summed E-state index contributed by atoms with van der Waals surface area (Å²) < 4.78 is 7.00. The van der Waals surface area contributed by atoms with Gasteiger partial charge in [0.1, 0.15) is 4.47 Å². The predicted octanol–water partition coefficient (Wildman–Crippen LogP) is 0.835. The summed E-state index contributed by atoms with van der Waals surface area (Å²) in [6.45, 7) is 5.20. The van der Waals surface area contributed by atoms with Crippen LogP contribution in [0.2, 0.25) is 0 Å². The molecule has 0 amide bonds. The van der Waals surface area contributed by atoms with Gasteiger partial charge in [0.25, 0.3) is 5.56 Å². The summed E-state index contributed by atoms with van der Waals surface area (Å²) in [5, 5.41) is 15.9. The number of nitrogens with zero attached hydrogens (tertiary/aromatic N) is 2. The minimum atomic E-state index is -0.266. The van der Waals surface area contributed by atoms with E-state index in [0.29, 0.717) is 23.3 Å². The monoisotopic (exact) mass is 319 g/mol. The molecule has 0 saturated carbocycles. The number of aliphatic hydroxyl groups is 1. The zero-order valence-corrected chi connectivity index (χ0v) is 12.1. The van der Waals surface area contributed by atoms with Crippen LogP contribution in [0.4, 0.5) is 5.69 Å². The first-order valence-electron chi connectivity index (χ1n) is 5.82. The fourth-order valence-corrected chi connectivity index (χ4v) is 1.89. The Morgan fingerprint density at radius 3 is 3.00 bits per heavy atom. The molecule has 1 rings (SSSR count). The van der Waals surface area contributed by atoms with Gasteiger partial charge in [-0.25, -0.2) is 4.68 Å². The van der Waals surface area contributed by atoms with Crippen molar-refractivity contribution in [3.8, 4) is 0 Å². The van der Waals surface area contributed by atoms with E-state index in [2.05, 4.69) is 26.3 Å². The van der Waals surface area contributed by atoms with Crippen LogP contribution < -0.4 is 10.9 Å². The highest BCUT2D eigenvalue weighted by Crippen LogP contribution is 2.16. The molecule has 1 atom stereocenters. The topological polar surface area (TPSA) is 76.4 Å². The standard InChI is InChI=1S/C11H18BrN3O3/c1-3-18-8(2)6-13-9-7-14-15(4-5-16)11(17)10(9)12/h7-8,13,16H,3-6H2,1-2H3. The van der Waals surface area contributed by atoms with E-state index < -0.39 is 0 Å². The Kier molecular flexibility index (Phi) is 6.31. The normalized spacial score (nSPS) is 12.4. The van der Waals surface area contributed by atoms with Crippen LogP contribution in [0.5, 0.6) is 0 Å². The zero-order chi connectivity index (χ0) is 13.5. The number of aliphatic hydroxyl groups excluding tert-OH is 1. The minimum absolute atomic E-state index is 0.0572. The van der Waals surface area contributed by atoms with E-state index >= 15 is 0 Å². The number of anilines is 1. The van der Waals surface area contributed by atoms with Crippen molar-refractivity contribution >= 4 is 21.6 Å². The van der Waals surface area contributed by atoms with Crippen LogP contribution in [0.1, 0.15) is 13.8 Å². The first kappa shape index (κ1) is 15.1. The van der Waals surface area contributed by atoms with Crippen LogP contribution in [0.3, 0.4) is 0 Å². The Bertz CT molecular complexity index is 436. The van der Waals surface area contributed by atoms with Gasteiger partial charge in [-0.05, 0) is 29.8 Å². The first-order valence-corrected chi connectivity index (χ1v) is 6.61. The molecule has 7 heteroatoms. The molecule has 6 nitrogen and oxygen atoms in total.